The minimum atomic E-state index is -2.37. The summed E-state index contributed by atoms with van der Waals surface area (Å²) in [5.74, 6) is 0.563. The summed E-state index contributed by atoms with van der Waals surface area (Å²) in [4.78, 5) is 4.20. The van der Waals surface area contributed by atoms with Gasteiger partial charge in [-0.3, -0.25) is 0 Å². The van der Waals surface area contributed by atoms with E-state index in [1.165, 1.54) is 4.57 Å². The maximum Gasteiger partial charge on any atom is 0.256 e. The number of rotatable bonds is 6. The average molecular weight is 267 g/mol. The molecule has 104 valence electrons. The monoisotopic (exact) mass is 267 g/mol. The molecular formula is C14H19F2N3. The van der Waals surface area contributed by atoms with E-state index in [-0.39, 0.29) is 6.54 Å². The quantitative estimate of drug-likeness (QED) is 0.871. The largest absolute Gasteiger partial charge is 0.326 e. The van der Waals surface area contributed by atoms with Crippen LogP contribution >= 0.6 is 0 Å². The third-order valence-corrected chi connectivity index (χ3v) is 2.92. The van der Waals surface area contributed by atoms with Crippen LogP contribution in [0.2, 0.25) is 0 Å². The summed E-state index contributed by atoms with van der Waals surface area (Å²) >= 11 is 0. The number of hydrogen-bond acceptors (Lipinski definition) is 2. The summed E-state index contributed by atoms with van der Waals surface area (Å²) in [6.07, 6.45) is 1.04. The van der Waals surface area contributed by atoms with Crippen molar-refractivity contribution < 1.29 is 8.78 Å². The van der Waals surface area contributed by atoms with Crippen LogP contribution in [0.4, 0.5) is 8.78 Å². The first kappa shape index (κ1) is 13.9. The Morgan fingerprint density at radius 1 is 1.37 bits per heavy atom. The molecule has 0 spiro atoms. The fourth-order valence-electron chi connectivity index (χ4n) is 2.12. The van der Waals surface area contributed by atoms with E-state index in [9.17, 15) is 8.78 Å². The molecule has 19 heavy (non-hydrogen) atoms. The van der Waals surface area contributed by atoms with Gasteiger partial charge in [-0.25, -0.2) is 13.8 Å². The second kappa shape index (κ2) is 6.10. The third-order valence-electron chi connectivity index (χ3n) is 2.92. The predicted octanol–water partition coefficient (Wildman–Crippen LogP) is 3.05. The molecule has 0 saturated heterocycles. The Hall–Kier alpha value is -1.49. The van der Waals surface area contributed by atoms with Gasteiger partial charge in [0.15, 0.2) is 0 Å². The highest BCUT2D eigenvalue weighted by Gasteiger charge is 2.12. The Kier molecular flexibility index (Phi) is 4.47. The molecule has 0 aliphatic carbocycles. The molecule has 0 aliphatic rings. The van der Waals surface area contributed by atoms with Crippen LogP contribution in [0.25, 0.3) is 11.0 Å². The predicted molar refractivity (Wildman–Crippen MR) is 72.3 cm³/mol. The zero-order valence-corrected chi connectivity index (χ0v) is 11.2. The highest BCUT2D eigenvalue weighted by atomic mass is 19.3. The van der Waals surface area contributed by atoms with Crippen LogP contribution < -0.4 is 5.32 Å². The number of alkyl halides is 2. The number of fused-ring (bicyclic) bond motifs is 1. The zero-order chi connectivity index (χ0) is 13.8. The summed E-state index contributed by atoms with van der Waals surface area (Å²) in [6.45, 7) is 5.54. The molecule has 2 heterocycles. The lowest BCUT2D eigenvalue weighted by atomic mass is 10.2. The maximum absolute atomic E-state index is 12.6. The van der Waals surface area contributed by atoms with Gasteiger partial charge in [-0.15, -0.1) is 0 Å². The molecule has 0 fully saturated rings. The van der Waals surface area contributed by atoms with Gasteiger partial charge >= 0.3 is 0 Å². The van der Waals surface area contributed by atoms with Crippen LogP contribution in [0.1, 0.15) is 19.4 Å². The molecule has 0 radical (unpaired) electrons. The lowest BCUT2D eigenvalue weighted by Crippen LogP contribution is -2.18. The van der Waals surface area contributed by atoms with Crippen molar-refractivity contribution >= 4 is 11.0 Å². The normalized spacial score (nSPS) is 11.9. The molecule has 3 nitrogen and oxygen atoms in total. The number of halogens is 2. The van der Waals surface area contributed by atoms with E-state index in [2.05, 4.69) is 24.1 Å². The maximum atomic E-state index is 12.6. The van der Waals surface area contributed by atoms with Gasteiger partial charge < -0.3 is 9.88 Å². The van der Waals surface area contributed by atoms with E-state index in [1.807, 2.05) is 12.1 Å². The summed E-state index contributed by atoms with van der Waals surface area (Å²) in [5, 5.41) is 4.28. The standard InChI is InChI=1S/C14H19F2N3/c1-10(2)6-17-7-11-8-19(9-13(15)16)14-12(11)4-3-5-18-14/h3-5,8,10,13,17H,6-7,9H2,1-2H3. The zero-order valence-electron chi connectivity index (χ0n) is 11.2. The molecule has 2 aromatic rings. The lowest BCUT2D eigenvalue weighted by molar-refractivity contribution is 0.128. The number of hydrogen-bond donors (Lipinski definition) is 1. The van der Waals surface area contributed by atoms with Crippen molar-refractivity contribution in [3.63, 3.8) is 0 Å². The van der Waals surface area contributed by atoms with Gasteiger partial charge in [-0.2, -0.15) is 0 Å². The molecule has 0 bridgehead atoms. The molecule has 0 aromatic carbocycles. The fraction of sp³-hybridized carbons (Fsp3) is 0.500. The van der Waals surface area contributed by atoms with E-state index >= 15 is 0 Å². The fourth-order valence-corrected chi connectivity index (χ4v) is 2.12. The number of nitrogens with zero attached hydrogens (tertiary/aromatic N) is 2. The van der Waals surface area contributed by atoms with Gasteiger partial charge in [0.05, 0.1) is 6.54 Å². The summed E-state index contributed by atoms with van der Waals surface area (Å²) in [7, 11) is 0. The summed E-state index contributed by atoms with van der Waals surface area (Å²) in [5.41, 5.74) is 1.65. The molecule has 2 rings (SSSR count). The van der Waals surface area contributed by atoms with Gasteiger partial charge in [0, 0.05) is 24.3 Å². The van der Waals surface area contributed by atoms with E-state index in [0.717, 1.165) is 17.5 Å². The first-order valence-corrected chi connectivity index (χ1v) is 6.49. The van der Waals surface area contributed by atoms with E-state index in [0.29, 0.717) is 18.1 Å². The molecule has 0 aliphatic heterocycles. The van der Waals surface area contributed by atoms with Gasteiger partial charge in [0.1, 0.15) is 5.65 Å². The van der Waals surface area contributed by atoms with Crippen LogP contribution in [0.15, 0.2) is 24.5 Å². The average Bonchev–Trinajstić information content (AvgIpc) is 2.67. The Bertz CT molecular complexity index is 534. The van der Waals surface area contributed by atoms with Gasteiger partial charge in [0.25, 0.3) is 6.43 Å². The van der Waals surface area contributed by atoms with Crippen LogP contribution in [0.5, 0.6) is 0 Å². The topological polar surface area (TPSA) is 29.9 Å². The Labute approximate surface area is 111 Å². The highest BCUT2D eigenvalue weighted by molar-refractivity contribution is 5.80. The van der Waals surface area contributed by atoms with Crippen molar-refractivity contribution in [1.82, 2.24) is 14.9 Å². The van der Waals surface area contributed by atoms with Crippen LogP contribution in [-0.2, 0) is 13.1 Å². The number of nitrogens with one attached hydrogen (secondary N) is 1. The van der Waals surface area contributed by atoms with Crippen molar-refractivity contribution in [2.45, 2.75) is 33.4 Å². The number of pyridine rings is 1. The molecule has 0 unspecified atom stereocenters. The molecule has 2 aromatic heterocycles. The second-order valence-corrected chi connectivity index (χ2v) is 5.10. The number of aromatic nitrogens is 2. The molecule has 1 N–H and O–H groups in total. The molecule has 0 atom stereocenters. The van der Waals surface area contributed by atoms with Crippen molar-refractivity contribution in [3.8, 4) is 0 Å². The van der Waals surface area contributed by atoms with E-state index < -0.39 is 6.43 Å². The Balaban J connectivity index is 2.23. The highest BCUT2D eigenvalue weighted by Crippen LogP contribution is 2.20. The van der Waals surface area contributed by atoms with E-state index in [4.69, 9.17) is 0 Å². The second-order valence-electron chi connectivity index (χ2n) is 5.10. The minimum absolute atomic E-state index is 0.308. The van der Waals surface area contributed by atoms with Crippen LogP contribution in [-0.4, -0.2) is 22.5 Å². The van der Waals surface area contributed by atoms with Crippen molar-refractivity contribution in [2.24, 2.45) is 5.92 Å². The first-order valence-electron chi connectivity index (χ1n) is 6.49. The Morgan fingerprint density at radius 3 is 2.84 bits per heavy atom. The SMILES string of the molecule is CC(C)CNCc1cn(CC(F)F)c2ncccc12. The lowest BCUT2D eigenvalue weighted by Gasteiger charge is -2.06. The van der Waals surface area contributed by atoms with Crippen molar-refractivity contribution in [2.75, 3.05) is 6.54 Å². The summed E-state index contributed by atoms with van der Waals surface area (Å²) < 4.78 is 26.6. The smallest absolute Gasteiger partial charge is 0.256 e. The van der Waals surface area contributed by atoms with Crippen molar-refractivity contribution in [3.05, 3.63) is 30.1 Å². The minimum Gasteiger partial charge on any atom is -0.326 e. The van der Waals surface area contributed by atoms with Gasteiger partial charge in [-0.1, -0.05) is 13.8 Å². The van der Waals surface area contributed by atoms with Crippen molar-refractivity contribution in [1.29, 1.82) is 0 Å². The molecule has 5 heteroatoms. The van der Waals surface area contributed by atoms with Crippen LogP contribution in [0.3, 0.4) is 0 Å². The van der Waals surface area contributed by atoms with E-state index in [1.54, 1.807) is 12.4 Å². The third kappa shape index (κ3) is 3.50. The Morgan fingerprint density at radius 2 is 2.16 bits per heavy atom. The molecule has 0 amide bonds. The molecule has 0 saturated carbocycles. The van der Waals surface area contributed by atoms with Gasteiger partial charge in [-0.05, 0) is 30.2 Å². The van der Waals surface area contributed by atoms with Crippen LogP contribution in [0, 0.1) is 5.92 Å². The summed E-state index contributed by atoms with van der Waals surface area (Å²) in [6, 6.07) is 3.76. The van der Waals surface area contributed by atoms with Gasteiger partial charge in [0.2, 0.25) is 0 Å². The molecular weight excluding hydrogens is 248 g/mol. The first-order chi connectivity index (χ1) is 9.08.